The van der Waals surface area contributed by atoms with Gasteiger partial charge in [0, 0.05) is 10.9 Å². The highest BCUT2D eigenvalue weighted by Crippen LogP contribution is 2.29. The molecule has 78 valence electrons. The summed E-state index contributed by atoms with van der Waals surface area (Å²) in [6.07, 6.45) is 0. The second-order valence-electron chi connectivity index (χ2n) is 3.74. The molecule has 2 aromatic rings. The number of thiazole rings is 1. The first kappa shape index (κ1) is 10.8. The molecule has 0 unspecified atom stereocenters. The van der Waals surface area contributed by atoms with Crippen LogP contribution < -0.4 is 0 Å². The molecule has 0 amide bonds. The molecule has 1 aromatic carbocycles. The summed E-state index contributed by atoms with van der Waals surface area (Å²) in [6, 6.07) is 4.43. The summed E-state index contributed by atoms with van der Waals surface area (Å²) in [6.45, 7) is 6.41. The molecule has 3 heteroatoms. The summed E-state index contributed by atoms with van der Waals surface area (Å²) < 4.78 is 0.940. The van der Waals surface area contributed by atoms with Crippen LogP contribution in [0.25, 0.3) is 11.3 Å². The van der Waals surface area contributed by atoms with Gasteiger partial charge in [0.1, 0.15) is 0 Å². The van der Waals surface area contributed by atoms with Crippen molar-refractivity contribution < 1.29 is 0 Å². The van der Waals surface area contributed by atoms with Crippen molar-refractivity contribution in [1.29, 1.82) is 0 Å². The molecular formula is C12H12BrNS. The predicted octanol–water partition coefficient (Wildman–Crippen LogP) is 4.50. The maximum absolute atomic E-state index is 4.45. The molecule has 1 heterocycles. The number of hydrogen-bond donors (Lipinski definition) is 0. The van der Waals surface area contributed by atoms with Gasteiger partial charge in [0.25, 0.3) is 0 Å². The first-order chi connectivity index (χ1) is 7.08. The van der Waals surface area contributed by atoms with E-state index in [1.807, 2.05) is 0 Å². The van der Waals surface area contributed by atoms with Crippen LogP contribution in [0.15, 0.2) is 21.4 Å². The van der Waals surface area contributed by atoms with Crippen molar-refractivity contribution in [1.82, 2.24) is 4.98 Å². The fourth-order valence-electron chi connectivity index (χ4n) is 1.61. The van der Waals surface area contributed by atoms with E-state index in [2.05, 4.69) is 59.2 Å². The molecule has 0 saturated carbocycles. The third kappa shape index (κ3) is 2.13. The molecule has 0 aliphatic rings. The van der Waals surface area contributed by atoms with E-state index in [4.69, 9.17) is 0 Å². The molecule has 0 spiro atoms. The summed E-state index contributed by atoms with van der Waals surface area (Å²) in [5.74, 6) is 0. The molecule has 0 atom stereocenters. The highest BCUT2D eigenvalue weighted by Gasteiger charge is 2.07. The topological polar surface area (TPSA) is 12.9 Å². The second kappa shape index (κ2) is 4.06. The lowest BCUT2D eigenvalue weighted by atomic mass is 9.99. The molecule has 0 N–H and O–H groups in total. The largest absolute Gasteiger partial charge is 0.229 e. The minimum Gasteiger partial charge on any atom is -0.229 e. The molecule has 0 saturated heterocycles. The van der Waals surface area contributed by atoms with Gasteiger partial charge in [-0.1, -0.05) is 6.07 Å². The number of nitrogens with zero attached hydrogens (tertiary/aromatic N) is 1. The maximum Gasteiger partial charge on any atom is 0.159 e. The zero-order valence-electron chi connectivity index (χ0n) is 8.97. The average Bonchev–Trinajstić information content (AvgIpc) is 2.58. The van der Waals surface area contributed by atoms with Crippen LogP contribution >= 0.6 is 27.3 Å². The van der Waals surface area contributed by atoms with E-state index in [-0.39, 0.29) is 0 Å². The summed E-state index contributed by atoms with van der Waals surface area (Å²) in [5.41, 5.74) is 6.24. The summed E-state index contributed by atoms with van der Waals surface area (Å²) in [4.78, 5) is 4.45. The molecule has 0 radical (unpaired) electrons. The van der Waals surface area contributed by atoms with Crippen molar-refractivity contribution in [2.24, 2.45) is 0 Å². The van der Waals surface area contributed by atoms with Gasteiger partial charge in [-0.25, -0.2) is 4.98 Å². The molecule has 0 bridgehead atoms. The fraction of sp³-hybridized carbons (Fsp3) is 0.250. The maximum atomic E-state index is 4.45. The van der Waals surface area contributed by atoms with Crippen molar-refractivity contribution >= 4 is 27.3 Å². The molecule has 0 aliphatic carbocycles. The Morgan fingerprint density at radius 1 is 1.07 bits per heavy atom. The molecule has 15 heavy (non-hydrogen) atoms. The van der Waals surface area contributed by atoms with Gasteiger partial charge >= 0.3 is 0 Å². The second-order valence-corrected chi connectivity index (χ2v) is 5.87. The zero-order chi connectivity index (χ0) is 11.0. The van der Waals surface area contributed by atoms with Crippen molar-refractivity contribution in [2.75, 3.05) is 0 Å². The standard InChI is InChI=1S/C12H12BrNS/c1-7-4-9(3)10(5-8(7)2)11-6-15-12(13)14-11/h4-6H,1-3H3. The zero-order valence-corrected chi connectivity index (χ0v) is 11.4. The van der Waals surface area contributed by atoms with Gasteiger partial charge in [-0.15, -0.1) is 11.3 Å². The van der Waals surface area contributed by atoms with E-state index in [0.29, 0.717) is 0 Å². The van der Waals surface area contributed by atoms with E-state index >= 15 is 0 Å². The van der Waals surface area contributed by atoms with Gasteiger partial charge < -0.3 is 0 Å². The number of hydrogen-bond acceptors (Lipinski definition) is 2. The first-order valence-corrected chi connectivity index (χ1v) is 6.44. The van der Waals surface area contributed by atoms with Crippen LogP contribution in [0, 0.1) is 20.8 Å². The summed E-state index contributed by atoms with van der Waals surface area (Å²) >= 11 is 5.02. The van der Waals surface area contributed by atoms with Gasteiger partial charge in [-0.05, 0) is 59.5 Å². The number of aryl methyl sites for hydroxylation is 3. The van der Waals surface area contributed by atoms with Gasteiger partial charge in [0.05, 0.1) is 5.69 Å². The monoisotopic (exact) mass is 281 g/mol. The van der Waals surface area contributed by atoms with Crippen LogP contribution in [0.1, 0.15) is 16.7 Å². The Bertz CT molecular complexity index is 502. The van der Waals surface area contributed by atoms with E-state index in [1.54, 1.807) is 11.3 Å². The Labute approximate surface area is 102 Å². The summed E-state index contributed by atoms with van der Waals surface area (Å²) in [5, 5.41) is 2.08. The minimum absolute atomic E-state index is 0.940. The van der Waals surface area contributed by atoms with E-state index < -0.39 is 0 Å². The molecular weight excluding hydrogens is 270 g/mol. The van der Waals surface area contributed by atoms with Gasteiger partial charge in [0.2, 0.25) is 0 Å². The molecule has 0 fully saturated rings. The number of halogens is 1. The van der Waals surface area contributed by atoms with Gasteiger partial charge in [-0.3, -0.25) is 0 Å². The third-order valence-corrected chi connectivity index (χ3v) is 3.96. The van der Waals surface area contributed by atoms with Crippen LogP contribution in [0.5, 0.6) is 0 Å². The fourth-order valence-corrected chi connectivity index (χ4v) is 2.62. The van der Waals surface area contributed by atoms with E-state index in [0.717, 1.165) is 9.61 Å². The van der Waals surface area contributed by atoms with Crippen LogP contribution in [0.4, 0.5) is 0 Å². The van der Waals surface area contributed by atoms with E-state index in [9.17, 15) is 0 Å². The van der Waals surface area contributed by atoms with Crippen molar-refractivity contribution in [3.63, 3.8) is 0 Å². The number of rotatable bonds is 1. The third-order valence-electron chi connectivity index (χ3n) is 2.59. The van der Waals surface area contributed by atoms with Crippen LogP contribution in [-0.4, -0.2) is 4.98 Å². The first-order valence-electron chi connectivity index (χ1n) is 4.77. The Morgan fingerprint density at radius 2 is 1.73 bits per heavy atom. The molecule has 0 aliphatic heterocycles. The Morgan fingerprint density at radius 3 is 2.33 bits per heavy atom. The SMILES string of the molecule is Cc1cc(C)c(-c2csc(Br)n2)cc1C. The summed E-state index contributed by atoms with van der Waals surface area (Å²) in [7, 11) is 0. The Kier molecular flexibility index (Phi) is 2.94. The van der Waals surface area contributed by atoms with Crippen molar-refractivity contribution in [3.05, 3.63) is 38.1 Å². The van der Waals surface area contributed by atoms with Gasteiger partial charge in [0.15, 0.2) is 3.92 Å². The Balaban J connectivity index is 2.58. The predicted molar refractivity (Wildman–Crippen MR) is 69.5 cm³/mol. The highest BCUT2D eigenvalue weighted by molar-refractivity contribution is 9.11. The van der Waals surface area contributed by atoms with E-state index in [1.165, 1.54) is 22.3 Å². The quantitative estimate of drug-likeness (QED) is 0.750. The average molecular weight is 282 g/mol. The van der Waals surface area contributed by atoms with Gasteiger partial charge in [-0.2, -0.15) is 0 Å². The van der Waals surface area contributed by atoms with Crippen LogP contribution in [0.3, 0.4) is 0 Å². The smallest absolute Gasteiger partial charge is 0.159 e. The lowest BCUT2D eigenvalue weighted by molar-refractivity contribution is 1.28. The number of benzene rings is 1. The lowest BCUT2D eigenvalue weighted by Gasteiger charge is -2.07. The number of aromatic nitrogens is 1. The normalized spacial score (nSPS) is 10.7. The Hall–Kier alpha value is -0.670. The molecule has 1 nitrogen and oxygen atoms in total. The van der Waals surface area contributed by atoms with Crippen LogP contribution in [-0.2, 0) is 0 Å². The molecule has 1 aromatic heterocycles. The van der Waals surface area contributed by atoms with Crippen LogP contribution in [0.2, 0.25) is 0 Å². The lowest BCUT2D eigenvalue weighted by Crippen LogP contribution is -1.88. The molecule has 2 rings (SSSR count). The van der Waals surface area contributed by atoms with Crippen molar-refractivity contribution in [2.45, 2.75) is 20.8 Å². The highest BCUT2D eigenvalue weighted by atomic mass is 79.9. The van der Waals surface area contributed by atoms with Crippen molar-refractivity contribution in [3.8, 4) is 11.3 Å². The minimum atomic E-state index is 0.940.